The van der Waals surface area contributed by atoms with Crippen LogP contribution in [0.3, 0.4) is 0 Å². The fourth-order valence-corrected chi connectivity index (χ4v) is 2.03. The SMILES string of the molecule is CS(=O)(=O)CC(=O)Nc1ccc(CN)cc1C(F)(F)F. The Bertz CT molecular complexity index is 612. The smallest absolute Gasteiger partial charge is 0.326 e. The Morgan fingerprint density at radius 2 is 1.95 bits per heavy atom. The number of rotatable bonds is 4. The number of carbonyl (C=O) groups excluding carboxylic acids is 1. The number of anilines is 1. The van der Waals surface area contributed by atoms with Crippen molar-refractivity contribution in [2.75, 3.05) is 17.3 Å². The van der Waals surface area contributed by atoms with Crippen LogP contribution in [0.5, 0.6) is 0 Å². The first kappa shape index (κ1) is 16.4. The van der Waals surface area contributed by atoms with E-state index < -0.39 is 38.9 Å². The number of nitrogens with two attached hydrogens (primary N) is 1. The van der Waals surface area contributed by atoms with Crippen LogP contribution in [0.15, 0.2) is 18.2 Å². The maximum absolute atomic E-state index is 12.8. The van der Waals surface area contributed by atoms with Gasteiger partial charge < -0.3 is 11.1 Å². The number of nitrogens with one attached hydrogen (secondary N) is 1. The van der Waals surface area contributed by atoms with Gasteiger partial charge in [-0.3, -0.25) is 4.79 Å². The maximum Gasteiger partial charge on any atom is 0.418 e. The number of hydrogen-bond acceptors (Lipinski definition) is 4. The van der Waals surface area contributed by atoms with E-state index >= 15 is 0 Å². The van der Waals surface area contributed by atoms with Gasteiger partial charge in [0.25, 0.3) is 0 Å². The summed E-state index contributed by atoms with van der Waals surface area (Å²) in [6.07, 6.45) is -3.87. The number of benzene rings is 1. The molecule has 0 aliphatic carbocycles. The monoisotopic (exact) mass is 310 g/mol. The molecule has 5 nitrogen and oxygen atoms in total. The summed E-state index contributed by atoms with van der Waals surface area (Å²) in [6, 6.07) is 3.19. The molecule has 0 unspecified atom stereocenters. The lowest BCUT2D eigenvalue weighted by Crippen LogP contribution is -2.23. The maximum atomic E-state index is 12.8. The molecule has 0 saturated heterocycles. The number of sulfone groups is 1. The molecule has 0 aliphatic heterocycles. The molecule has 0 spiro atoms. The molecule has 0 saturated carbocycles. The number of halogens is 3. The summed E-state index contributed by atoms with van der Waals surface area (Å²) >= 11 is 0. The van der Waals surface area contributed by atoms with Crippen molar-refractivity contribution >= 4 is 21.4 Å². The van der Waals surface area contributed by atoms with Crippen molar-refractivity contribution in [2.45, 2.75) is 12.7 Å². The minimum atomic E-state index is -4.68. The zero-order valence-electron chi connectivity index (χ0n) is 10.5. The average molecular weight is 310 g/mol. The number of alkyl halides is 3. The van der Waals surface area contributed by atoms with Gasteiger partial charge in [-0.1, -0.05) is 6.07 Å². The summed E-state index contributed by atoms with van der Waals surface area (Å²) in [5, 5.41) is 1.95. The Kier molecular flexibility index (Phi) is 4.77. The lowest BCUT2D eigenvalue weighted by Gasteiger charge is -2.14. The van der Waals surface area contributed by atoms with Crippen molar-refractivity contribution in [1.82, 2.24) is 0 Å². The normalized spacial score (nSPS) is 12.2. The van der Waals surface area contributed by atoms with Gasteiger partial charge in [-0.25, -0.2) is 8.42 Å². The van der Waals surface area contributed by atoms with E-state index in [1.807, 2.05) is 5.32 Å². The lowest BCUT2D eigenvalue weighted by atomic mass is 10.1. The fourth-order valence-electron chi connectivity index (χ4n) is 1.49. The van der Waals surface area contributed by atoms with Crippen molar-refractivity contribution in [2.24, 2.45) is 5.73 Å². The summed E-state index contributed by atoms with van der Waals surface area (Å²) in [4.78, 5) is 11.4. The molecule has 1 amide bonds. The predicted molar refractivity (Wildman–Crippen MR) is 67.7 cm³/mol. The topological polar surface area (TPSA) is 89.3 Å². The van der Waals surface area contributed by atoms with Gasteiger partial charge in [-0.05, 0) is 17.7 Å². The molecule has 0 fully saturated rings. The van der Waals surface area contributed by atoms with E-state index in [0.29, 0.717) is 0 Å². The first-order valence-corrected chi connectivity index (χ1v) is 7.47. The molecule has 0 heterocycles. The molecule has 112 valence electrons. The van der Waals surface area contributed by atoms with Crippen LogP contribution in [0, 0.1) is 0 Å². The Hall–Kier alpha value is -1.61. The highest BCUT2D eigenvalue weighted by molar-refractivity contribution is 7.91. The summed E-state index contributed by atoms with van der Waals surface area (Å²) in [7, 11) is -3.62. The van der Waals surface area contributed by atoms with E-state index in [-0.39, 0.29) is 12.1 Å². The van der Waals surface area contributed by atoms with Crippen LogP contribution in [-0.4, -0.2) is 26.3 Å². The highest BCUT2D eigenvalue weighted by Crippen LogP contribution is 2.35. The van der Waals surface area contributed by atoms with E-state index in [0.717, 1.165) is 18.4 Å². The quantitative estimate of drug-likeness (QED) is 0.873. The highest BCUT2D eigenvalue weighted by Gasteiger charge is 2.34. The molecule has 0 bridgehead atoms. The van der Waals surface area contributed by atoms with Gasteiger partial charge in [-0.2, -0.15) is 13.2 Å². The van der Waals surface area contributed by atoms with Crippen LogP contribution in [0.1, 0.15) is 11.1 Å². The summed E-state index contributed by atoms with van der Waals surface area (Å²) in [6.45, 7) is -0.0827. The fraction of sp³-hybridized carbons (Fsp3) is 0.364. The van der Waals surface area contributed by atoms with Crippen molar-refractivity contribution in [3.8, 4) is 0 Å². The molecule has 0 atom stereocenters. The predicted octanol–water partition coefficient (Wildman–Crippen LogP) is 1.15. The molecular weight excluding hydrogens is 297 g/mol. The van der Waals surface area contributed by atoms with Gasteiger partial charge >= 0.3 is 6.18 Å². The van der Waals surface area contributed by atoms with E-state index in [9.17, 15) is 26.4 Å². The van der Waals surface area contributed by atoms with Crippen LogP contribution in [-0.2, 0) is 27.4 Å². The molecule has 0 aliphatic rings. The molecule has 0 radical (unpaired) electrons. The van der Waals surface area contributed by atoms with E-state index in [1.165, 1.54) is 6.07 Å². The molecule has 1 aromatic carbocycles. The molecule has 3 N–H and O–H groups in total. The number of carbonyl (C=O) groups is 1. The van der Waals surface area contributed by atoms with Gasteiger partial charge in [0.15, 0.2) is 9.84 Å². The van der Waals surface area contributed by atoms with Crippen LogP contribution < -0.4 is 11.1 Å². The van der Waals surface area contributed by atoms with Crippen LogP contribution in [0.25, 0.3) is 0 Å². The second kappa shape index (κ2) is 5.80. The second-order valence-corrected chi connectivity index (χ2v) is 6.34. The van der Waals surface area contributed by atoms with Crippen LogP contribution in [0.4, 0.5) is 18.9 Å². The van der Waals surface area contributed by atoms with Gasteiger partial charge in [0.2, 0.25) is 5.91 Å². The zero-order valence-corrected chi connectivity index (χ0v) is 11.3. The largest absolute Gasteiger partial charge is 0.418 e. The number of hydrogen-bond donors (Lipinski definition) is 2. The third kappa shape index (κ3) is 4.82. The van der Waals surface area contributed by atoms with E-state index in [1.54, 1.807) is 0 Å². The third-order valence-electron chi connectivity index (χ3n) is 2.29. The van der Waals surface area contributed by atoms with E-state index in [2.05, 4.69) is 0 Å². The highest BCUT2D eigenvalue weighted by atomic mass is 32.2. The standard InChI is InChI=1S/C11H13F3N2O3S/c1-20(18,19)6-10(17)16-9-3-2-7(5-15)4-8(9)11(12,13)14/h2-4H,5-6,15H2,1H3,(H,16,17). The van der Waals surface area contributed by atoms with Gasteiger partial charge in [0.1, 0.15) is 5.75 Å². The number of amides is 1. The average Bonchev–Trinajstić information content (AvgIpc) is 2.25. The Balaban J connectivity index is 3.09. The molecule has 1 aromatic rings. The molecule has 9 heteroatoms. The summed E-state index contributed by atoms with van der Waals surface area (Å²) in [5.41, 5.74) is 3.95. The zero-order chi connectivity index (χ0) is 15.6. The summed E-state index contributed by atoms with van der Waals surface area (Å²) < 4.78 is 60.4. The minimum Gasteiger partial charge on any atom is -0.326 e. The molecule has 0 aromatic heterocycles. The van der Waals surface area contributed by atoms with E-state index in [4.69, 9.17) is 5.73 Å². The Morgan fingerprint density at radius 3 is 2.40 bits per heavy atom. The first-order valence-electron chi connectivity index (χ1n) is 5.40. The molecule has 20 heavy (non-hydrogen) atoms. The first-order chi connectivity index (χ1) is 9.03. The van der Waals surface area contributed by atoms with Gasteiger partial charge in [0, 0.05) is 12.8 Å². The van der Waals surface area contributed by atoms with Crippen molar-refractivity contribution in [3.63, 3.8) is 0 Å². The lowest BCUT2D eigenvalue weighted by molar-refractivity contribution is -0.137. The van der Waals surface area contributed by atoms with Crippen LogP contribution >= 0.6 is 0 Å². The van der Waals surface area contributed by atoms with Crippen molar-refractivity contribution in [1.29, 1.82) is 0 Å². The van der Waals surface area contributed by atoms with Crippen molar-refractivity contribution in [3.05, 3.63) is 29.3 Å². The van der Waals surface area contributed by atoms with Crippen LogP contribution in [0.2, 0.25) is 0 Å². The Morgan fingerprint density at radius 1 is 1.35 bits per heavy atom. The van der Waals surface area contributed by atoms with Gasteiger partial charge in [0.05, 0.1) is 11.3 Å². The second-order valence-electron chi connectivity index (χ2n) is 4.20. The third-order valence-corrected chi connectivity index (χ3v) is 3.08. The Labute approximate surface area is 113 Å². The van der Waals surface area contributed by atoms with Crippen molar-refractivity contribution < 1.29 is 26.4 Å². The van der Waals surface area contributed by atoms with Gasteiger partial charge in [-0.15, -0.1) is 0 Å². The molecular formula is C11H13F3N2O3S. The molecule has 1 rings (SSSR count). The minimum absolute atomic E-state index is 0.0827. The summed E-state index contributed by atoms with van der Waals surface area (Å²) in [5.74, 6) is -1.92.